The molecule has 0 heteroatoms. The molecule has 0 atom stereocenters. The fraction of sp³-hybridized carbons (Fsp3) is 1.00. The van der Waals surface area contributed by atoms with Gasteiger partial charge < -0.3 is 0 Å². The summed E-state index contributed by atoms with van der Waals surface area (Å²) in [6, 6.07) is 0. The van der Waals surface area contributed by atoms with Crippen LogP contribution in [0.3, 0.4) is 0 Å². The molecule has 3 rings (SSSR count). The Balaban J connectivity index is 0.000000891. The maximum Gasteiger partial charge on any atom is -0.0354 e. The van der Waals surface area contributed by atoms with Crippen LogP contribution in [0.25, 0.3) is 0 Å². The lowest BCUT2D eigenvalue weighted by Gasteiger charge is -2.13. The van der Waals surface area contributed by atoms with Crippen molar-refractivity contribution in [3.8, 4) is 0 Å². The first-order valence-corrected chi connectivity index (χ1v) is 32.6. The summed E-state index contributed by atoms with van der Waals surface area (Å²) in [7, 11) is 0. The minimum atomic E-state index is 0.694. The summed E-state index contributed by atoms with van der Waals surface area (Å²) in [5, 5.41) is 0. The quantitative estimate of drug-likeness (QED) is 0.135. The van der Waals surface area contributed by atoms with Crippen LogP contribution >= 0.6 is 0 Å². The average Bonchev–Trinajstić information content (AvgIpc) is 3.73. The van der Waals surface area contributed by atoms with Gasteiger partial charge >= 0.3 is 0 Å². The fourth-order valence-electron chi connectivity index (χ4n) is 11.2. The van der Waals surface area contributed by atoms with Gasteiger partial charge in [-0.15, -0.1) is 0 Å². The van der Waals surface area contributed by atoms with Crippen molar-refractivity contribution in [2.24, 2.45) is 5.41 Å². The molecule has 0 amide bonds. The third-order valence-corrected chi connectivity index (χ3v) is 16.2. The van der Waals surface area contributed by atoms with E-state index in [1.54, 1.807) is 0 Å². The van der Waals surface area contributed by atoms with E-state index in [0.29, 0.717) is 5.41 Å². The van der Waals surface area contributed by atoms with Crippen molar-refractivity contribution < 1.29 is 0 Å². The molecular weight excluding hydrogens is 793 g/mol. The summed E-state index contributed by atoms with van der Waals surface area (Å²) in [6.07, 6.45) is 90.7. The Bertz CT molecular complexity index is 572. The van der Waals surface area contributed by atoms with Crippen LogP contribution < -0.4 is 0 Å². The van der Waals surface area contributed by atoms with Crippen molar-refractivity contribution >= 4 is 0 Å². The lowest BCUT2D eigenvalue weighted by molar-refractivity contribution is 0.382. The van der Waals surface area contributed by atoms with Gasteiger partial charge in [-0.2, -0.15) is 0 Å². The van der Waals surface area contributed by atoms with E-state index >= 15 is 0 Å². The standard InChI is InChI=1S/2C20H40.C19H40.C7H14/c2*1-2-4-6-8-10-12-14-16-18-20-19-17-15-13-11-9-7-5-3-1;1-3-5-7-9-11-13-15-17-19-18-16-14-12-10-8-6-4-2;1-7(2)5-3-4-6-7/h2*1-20H2;3-19H2,1-2H3;3-6H2,1-2H3. The molecule has 0 aliphatic heterocycles. The van der Waals surface area contributed by atoms with Crippen LogP contribution in [-0.4, -0.2) is 0 Å². The molecule has 3 saturated carbocycles. The molecule has 398 valence electrons. The van der Waals surface area contributed by atoms with Crippen molar-refractivity contribution in [1.82, 2.24) is 0 Å². The SMILES string of the molecule is C1CCCCCCCCCCCCCCCCCCC1.C1CCCCCCCCCCCCCCCCCCC1.CC1(C)CCCC1.CCCCCCCCCCCCCCCCCCC. The molecular formula is C66H134. The molecule has 0 aromatic carbocycles. The zero-order chi connectivity index (χ0) is 47.6. The predicted octanol–water partition coefficient (Wildman–Crippen LogP) is 25.8. The van der Waals surface area contributed by atoms with E-state index in [1.807, 2.05) is 0 Å². The number of hydrogen-bond donors (Lipinski definition) is 0. The zero-order valence-electron chi connectivity index (χ0n) is 47.6. The normalized spacial score (nSPS) is 20.7. The second-order valence-corrected chi connectivity index (χ2v) is 23.8. The van der Waals surface area contributed by atoms with Crippen molar-refractivity contribution in [3.05, 3.63) is 0 Å². The van der Waals surface area contributed by atoms with Crippen LogP contribution in [0.2, 0.25) is 0 Å². The van der Waals surface area contributed by atoms with E-state index in [0.717, 1.165) is 0 Å². The van der Waals surface area contributed by atoms with Gasteiger partial charge in [0.15, 0.2) is 0 Å². The Labute approximate surface area is 422 Å². The van der Waals surface area contributed by atoms with E-state index in [4.69, 9.17) is 0 Å². The van der Waals surface area contributed by atoms with Crippen LogP contribution in [0.1, 0.15) is 419 Å². The number of unbranched alkanes of at least 4 members (excludes halogenated alkanes) is 16. The van der Waals surface area contributed by atoms with Gasteiger partial charge in [0.1, 0.15) is 0 Å². The van der Waals surface area contributed by atoms with E-state index in [2.05, 4.69) is 27.7 Å². The summed E-state index contributed by atoms with van der Waals surface area (Å²) < 4.78 is 0. The second-order valence-electron chi connectivity index (χ2n) is 23.8. The van der Waals surface area contributed by atoms with E-state index in [1.165, 1.54) is 392 Å². The summed E-state index contributed by atoms with van der Waals surface area (Å²) >= 11 is 0. The minimum absolute atomic E-state index is 0.694. The maximum absolute atomic E-state index is 2.36. The molecule has 0 nitrogen and oxygen atoms in total. The third kappa shape index (κ3) is 60.1. The highest BCUT2D eigenvalue weighted by Gasteiger charge is 2.21. The monoisotopic (exact) mass is 927 g/mol. The Hall–Kier alpha value is 0. The molecule has 0 radical (unpaired) electrons. The molecule has 0 heterocycles. The summed E-state index contributed by atoms with van der Waals surface area (Å²) in [5.74, 6) is 0. The summed E-state index contributed by atoms with van der Waals surface area (Å²) in [5.41, 5.74) is 0.694. The van der Waals surface area contributed by atoms with E-state index in [-0.39, 0.29) is 0 Å². The fourth-order valence-corrected chi connectivity index (χ4v) is 11.2. The highest BCUT2D eigenvalue weighted by Crippen LogP contribution is 2.36. The third-order valence-electron chi connectivity index (χ3n) is 16.2. The molecule has 3 aliphatic rings. The van der Waals surface area contributed by atoms with Gasteiger partial charge in [0.2, 0.25) is 0 Å². The highest BCUT2D eigenvalue weighted by atomic mass is 14.3. The molecule has 3 fully saturated rings. The van der Waals surface area contributed by atoms with Gasteiger partial charge in [-0.05, 0) is 18.3 Å². The second kappa shape index (κ2) is 59.3. The molecule has 3 aliphatic carbocycles. The minimum Gasteiger partial charge on any atom is -0.0654 e. The van der Waals surface area contributed by atoms with Crippen LogP contribution in [0.5, 0.6) is 0 Å². The molecule has 0 aromatic heterocycles. The highest BCUT2D eigenvalue weighted by molar-refractivity contribution is 4.74. The first-order chi connectivity index (χ1) is 32.6. The Morgan fingerprint density at radius 1 is 0.167 bits per heavy atom. The molecule has 66 heavy (non-hydrogen) atoms. The van der Waals surface area contributed by atoms with Crippen LogP contribution in [-0.2, 0) is 0 Å². The van der Waals surface area contributed by atoms with Crippen LogP contribution in [0, 0.1) is 5.41 Å². The number of hydrogen-bond acceptors (Lipinski definition) is 0. The summed E-state index contributed by atoms with van der Waals surface area (Å²) in [6.45, 7) is 9.31. The van der Waals surface area contributed by atoms with Crippen LogP contribution in [0.4, 0.5) is 0 Å². The Morgan fingerprint density at radius 3 is 0.348 bits per heavy atom. The Morgan fingerprint density at radius 2 is 0.273 bits per heavy atom. The van der Waals surface area contributed by atoms with Crippen molar-refractivity contribution in [3.63, 3.8) is 0 Å². The van der Waals surface area contributed by atoms with E-state index < -0.39 is 0 Å². The van der Waals surface area contributed by atoms with Gasteiger partial charge in [0, 0.05) is 0 Å². The van der Waals surface area contributed by atoms with Gasteiger partial charge in [0.25, 0.3) is 0 Å². The van der Waals surface area contributed by atoms with Gasteiger partial charge in [-0.1, -0.05) is 407 Å². The molecule has 0 aromatic rings. The van der Waals surface area contributed by atoms with E-state index in [9.17, 15) is 0 Å². The Kier molecular flexibility index (Phi) is 59.3. The molecule has 0 unspecified atom stereocenters. The molecule has 0 saturated heterocycles. The molecule has 0 bridgehead atoms. The first-order valence-electron chi connectivity index (χ1n) is 32.6. The van der Waals surface area contributed by atoms with Crippen molar-refractivity contribution in [1.29, 1.82) is 0 Å². The smallest absolute Gasteiger partial charge is 0.0354 e. The molecule has 0 N–H and O–H groups in total. The topological polar surface area (TPSA) is 0 Å². The average molecular weight is 928 g/mol. The molecule has 0 spiro atoms. The van der Waals surface area contributed by atoms with Gasteiger partial charge in [-0.3, -0.25) is 0 Å². The van der Waals surface area contributed by atoms with Gasteiger partial charge in [0.05, 0.1) is 0 Å². The first kappa shape index (κ1) is 66.0. The zero-order valence-corrected chi connectivity index (χ0v) is 47.6. The summed E-state index contributed by atoms with van der Waals surface area (Å²) in [4.78, 5) is 0. The van der Waals surface area contributed by atoms with Crippen molar-refractivity contribution in [2.75, 3.05) is 0 Å². The lowest BCUT2D eigenvalue weighted by Crippen LogP contribution is -2.01. The number of rotatable bonds is 16. The predicted molar refractivity (Wildman–Crippen MR) is 307 cm³/mol. The maximum atomic E-state index is 2.36. The largest absolute Gasteiger partial charge is 0.0654 e. The van der Waals surface area contributed by atoms with Crippen LogP contribution in [0.15, 0.2) is 0 Å². The lowest BCUT2D eigenvalue weighted by atomic mass is 9.92. The van der Waals surface area contributed by atoms with Gasteiger partial charge in [-0.25, -0.2) is 0 Å². The van der Waals surface area contributed by atoms with Crippen molar-refractivity contribution in [2.45, 2.75) is 419 Å².